The number of nitrogens with one attached hydrogen (secondary N) is 1. The van der Waals surface area contributed by atoms with Crippen molar-refractivity contribution in [2.75, 3.05) is 6.54 Å². The van der Waals surface area contributed by atoms with E-state index in [2.05, 4.69) is 10.5 Å². The lowest BCUT2D eigenvalue weighted by Gasteiger charge is -2.22. The Balaban J connectivity index is 1.67. The van der Waals surface area contributed by atoms with Gasteiger partial charge in [0.1, 0.15) is 11.3 Å². The summed E-state index contributed by atoms with van der Waals surface area (Å²) < 4.78 is 5.13. The molecule has 24 heavy (non-hydrogen) atoms. The predicted octanol–water partition coefficient (Wildman–Crippen LogP) is 3.35. The smallest absolute Gasteiger partial charge is 0.290 e. The zero-order valence-corrected chi connectivity index (χ0v) is 14.3. The van der Waals surface area contributed by atoms with Crippen LogP contribution in [0.25, 0.3) is 11.3 Å². The summed E-state index contributed by atoms with van der Waals surface area (Å²) in [5, 5.41) is 20.8. The summed E-state index contributed by atoms with van der Waals surface area (Å²) in [5.74, 6) is -0.289. The molecule has 3 aromatic rings. The minimum atomic E-state index is -1.13. The highest BCUT2D eigenvalue weighted by molar-refractivity contribution is 7.08. The van der Waals surface area contributed by atoms with Crippen LogP contribution in [0.15, 0.2) is 51.7 Å². The summed E-state index contributed by atoms with van der Waals surface area (Å²) in [5.41, 5.74) is 2.27. The van der Waals surface area contributed by atoms with Gasteiger partial charge in [0.15, 0.2) is 0 Å². The van der Waals surface area contributed by atoms with E-state index in [1.165, 1.54) is 11.3 Å². The molecule has 0 aliphatic carbocycles. The van der Waals surface area contributed by atoms with Crippen molar-refractivity contribution in [2.24, 2.45) is 0 Å². The van der Waals surface area contributed by atoms with Crippen molar-refractivity contribution in [3.05, 3.63) is 64.0 Å². The number of nitrogens with zero attached hydrogens (tertiary/aromatic N) is 1. The fraction of sp³-hybridized carbons (Fsp3) is 0.222. The number of carbonyl (C=O) groups is 1. The first-order chi connectivity index (χ1) is 11.5. The van der Waals surface area contributed by atoms with Crippen LogP contribution in [0.5, 0.6) is 0 Å². The SMILES string of the molecule is Cc1ccc(-c2cc(C(=O)NCC(C)(O)c3ccsc3)on2)cc1. The molecule has 0 spiro atoms. The topological polar surface area (TPSA) is 75.4 Å². The number of hydrogen-bond donors (Lipinski definition) is 2. The molecule has 0 saturated carbocycles. The summed E-state index contributed by atoms with van der Waals surface area (Å²) >= 11 is 1.50. The molecule has 0 bridgehead atoms. The average Bonchev–Trinajstić information content (AvgIpc) is 3.25. The number of rotatable bonds is 5. The fourth-order valence-electron chi connectivity index (χ4n) is 2.26. The van der Waals surface area contributed by atoms with Gasteiger partial charge in [-0.15, -0.1) is 0 Å². The molecular weight excluding hydrogens is 324 g/mol. The molecule has 124 valence electrons. The first-order valence-electron chi connectivity index (χ1n) is 7.53. The van der Waals surface area contributed by atoms with Gasteiger partial charge >= 0.3 is 0 Å². The Hall–Kier alpha value is -2.44. The first-order valence-corrected chi connectivity index (χ1v) is 8.47. The largest absolute Gasteiger partial charge is 0.384 e. The van der Waals surface area contributed by atoms with Gasteiger partial charge in [0.05, 0.1) is 6.54 Å². The van der Waals surface area contributed by atoms with E-state index in [4.69, 9.17) is 4.52 Å². The molecule has 1 amide bonds. The summed E-state index contributed by atoms with van der Waals surface area (Å²) in [4.78, 5) is 12.2. The van der Waals surface area contributed by atoms with Gasteiger partial charge in [0.2, 0.25) is 5.76 Å². The van der Waals surface area contributed by atoms with Crippen LogP contribution in [0.1, 0.15) is 28.6 Å². The summed E-state index contributed by atoms with van der Waals surface area (Å²) in [6, 6.07) is 11.2. The van der Waals surface area contributed by atoms with Crippen molar-refractivity contribution >= 4 is 17.2 Å². The Morgan fingerprint density at radius 3 is 2.75 bits per heavy atom. The van der Waals surface area contributed by atoms with Crippen molar-refractivity contribution in [3.63, 3.8) is 0 Å². The van der Waals surface area contributed by atoms with Crippen LogP contribution in [0.3, 0.4) is 0 Å². The quantitative estimate of drug-likeness (QED) is 0.745. The monoisotopic (exact) mass is 342 g/mol. The molecule has 6 heteroatoms. The molecule has 1 atom stereocenters. The van der Waals surface area contributed by atoms with E-state index in [9.17, 15) is 9.90 Å². The second-order valence-electron chi connectivity index (χ2n) is 5.91. The van der Waals surface area contributed by atoms with Gasteiger partial charge < -0.3 is 14.9 Å². The van der Waals surface area contributed by atoms with Gasteiger partial charge in [-0.05, 0) is 36.2 Å². The number of aryl methyl sites for hydroxylation is 1. The Kier molecular flexibility index (Phi) is 4.51. The van der Waals surface area contributed by atoms with E-state index in [1.54, 1.807) is 13.0 Å². The molecule has 5 nitrogen and oxygen atoms in total. The third-order valence-corrected chi connectivity index (χ3v) is 4.50. The van der Waals surface area contributed by atoms with Crippen molar-refractivity contribution < 1.29 is 14.4 Å². The van der Waals surface area contributed by atoms with Gasteiger partial charge in [-0.25, -0.2) is 0 Å². The Labute approximate surface area is 143 Å². The van der Waals surface area contributed by atoms with Crippen molar-refractivity contribution in [1.82, 2.24) is 10.5 Å². The average molecular weight is 342 g/mol. The maximum atomic E-state index is 12.2. The normalized spacial score (nSPS) is 13.5. The van der Waals surface area contributed by atoms with Gasteiger partial charge in [0, 0.05) is 11.6 Å². The number of thiophene rings is 1. The molecule has 0 aliphatic heterocycles. The summed E-state index contributed by atoms with van der Waals surface area (Å²) in [6.07, 6.45) is 0. The number of carbonyl (C=O) groups excluding carboxylic acids is 1. The zero-order valence-electron chi connectivity index (χ0n) is 13.4. The highest BCUT2D eigenvalue weighted by atomic mass is 32.1. The highest BCUT2D eigenvalue weighted by Crippen LogP contribution is 2.23. The van der Waals surface area contributed by atoms with Gasteiger partial charge in [-0.1, -0.05) is 35.0 Å². The molecule has 2 heterocycles. The minimum Gasteiger partial charge on any atom is -0.384 e. The molecule has 1 aromatic carbocycles. The van der Waals surface area contributed by atoms with E-state index in [1.807, 2.05) is 48.0 Å². The molecule has 0 saturated heterocycles. The van der Waals surface area contributed by atoms with E-state index < -0.39 is 11.5 Å². The second-order valence-corrected chi connectivity index (χ2v) is 6.69. The van der Waals surface area contributed by atoms with Crippen LogP contribution in [0, 0.1) is 6.92 Å². The molecule has 0 aliphatic rings. The van der Waals surface area contributed by atoms with E-state index in [-0.39, 0.29) is 12.3 Å². The van der Waals surface area contributed by atoms with Crippen molar-refractivity contribution in [1.29, 1.82) is 0 Å². The van der Waals surface area contributed by atoms with E-state index in [0.29, 0.717) is 5.69 Å². The lowest BCUT2D eigenvalue weighted by molar-refractivity contribution is 0.0520. The Bertz CT molecular complexity index is 820. The minimum absolute atomic E-state index is 0.0864. The maximum Gasteiger partial charge on any atom is 0.290 e. The molecule has 0 fully saturated rings. The summed E-state index contributed by atoms with van der Waals surface area (Å²) in [7, 11) is 0. The lowest BCUT2D eigenvalue weighted by Crippen LogP contribution is -2.38. The molecule has 0 radical (unpaired) electrons. The van der Waals surface area contributed by atoms with E-state index in [0.717, 1.165) is 16.7 Å². The zero-order chi connectivity index (χ0) is 17.2. The predicted molar refractivity (Wildman–Crippen MR) is 92.9 cm³/mol. The van der Waals surface area contributed by atoms with Gasteiger partial charge in [-0.2, -0.15) is 11.3 Å². The standard InChI is InChI=1S/C18H18N2O3S/c1-12-3-5-13(6-4-12)15-9-16(23-20-15)17(21)19-11-18(2,22)14-7-8-24-10-14/h3-10,22H,11H2,1-2H3,(H,19,21). The van der Waals surface area contributed by atoms with Gasteiger partial charge in [-0.3, -0.25) is 4.79 Å². The van der Waals surface area contributed by atoms with Crippen molar-refractivity contribution in [2.45, 2.75) is 19.4 Å². The lowest BCUT2D eigenvalue weighted by atomic mass is 9.99. The van der Waals surface area contributed by atoms with Gasteiger partial charge in [0.25, 0.3) is 5.91 Å². The molecule has 1 unspecified atom stereocenters. The molecule has 3 rings (SSSR count). The number of aliphatic hydroxyl groups is 1. The van der Waals surface area contributed by atoms with Crippen LogP contribution in [-0.4, -0.2) is 22.7 Å². The third-order valence-electron chi connectivity index (χ3n) is 3.82. The highest BCUT2D eigenvalue weighted by Gasteiger charge is 2.25. The van der Waals surface area contributed by atoms with Crippen LogP contribution in [0.4, 0.5) is 0 Å². The van der Waals surface area contributed by atoms with Crippen molar-refractivity contribution in [3.8, 4) is 11.3 Å². The Morgan fingerprint density at radius 1 is 1.33 bits per heavy atom. The fourth-order valence-corrected chi connectivity index (χ4v) is 3.04. The summed E-state index contributed by atoms with van der Waals surface area (Å²) in [6.45, 7) is 3.75. The number of amides is 1. The van der Waals surface area contributed by atoms with E-state index >= 15 is 0 Å². The van der Waals surface area contributed by atoms with Crippen LogP contribution >= 0.6 is 11.3 Å². The first kappa shape index (κ1) is 16.4. The molecular formula is C18H18N2O3S. The third kappa shape index (κ3) is 3.55. The van der Waals surface area contributed by atoms with Crippen LogP contribution in [0.2, 0.25) is 0 Å². The maximum absolute atomic E-state index is 12.2. The molecule has 2 aromatic heterocycles. The van der Waals surface area contributed by atoms with Crippen LogP contribution < -0.4 is 5.32 Å². The van der Waals surface area contributed by atoms with Crippen LogP contribution in [-0.2, 0) is 5.60 Å². The number of aromatic nitrogens is 1. The number of hydrogen-bond acceptors (Lipinski definition) is 5. The number of benzene rings is 1. The molecule has 2 N–H and O–H groups in total. The second kappa shape index (κ2) is 6.59. The Morgan fingerprint density at radius 2 is 2.08 bits per heavy atom.